The van der Waals surface area contributed by atoms with Gasteiger partial charge in [0.1, 0.15) is 5.82 Å². The van der Waals surface area contributed by atoms with Gasteiger partial charge < -0.3 is 5.73 Å². The fraction of sp³-hybridized carbons (Fsp3) is 0.538. The van der Waals surface area contributed by atoms with Gasteiger partial charge in [-0.2, -0.15) is 11.8 Å². The Balaban J connectivity index is 1.86. The molecular weight excluding hydrogens is 221 g/mol. The van der Waals surface area contributed by atoms with Gasteiger partial charge in [-0.15, -0.1) is 0 Å². The van der Waals surface area contributed by atoms with Crippen LogP contribution in [0.2, 0.25) is 0 Å². The van der Waals surface area contributed by atoms with Gasteiger partial charge in [0.15, 0.2) is 0 Å². The second-order valence-electron chi connectivity index (χ2n) is 4.43. The van der Waals surface area contributed by atoms with Crippen molar-refractivity contribution in [3.8, 4) is 0 Å². The number of hydrogen-bond acceptors (Lipinski definition) is 2. The molecule has 16 heavy (non-hydrogen) atoms. The molecule has 88 valence electrons. The average molecular weight is 239 g/mol. The summed E-state index contributed by atoms with van der Waals surface area (Å²) in [5.74, 6) is 0.615. The number of nitrogens with two attached hydrogens (primary N) is 1. The molecule has 1 saturated carbocycles. The summed E-state index contributed by atoms with van der Waals surface area (Å²) in [7, 11) is 0. The van der Waals surface area contributed by atoms with E-state index in [-0.39, 0.29) is 11.5 Å². The van der Waals surface area contributed by atoms with Crippen molar-refractivity contribution < 1.29 is 4.39 Å². The lowest BCUT2D eigenvalue weighted by Gasteiger charge is -2.20. The van der Waals surface area contributed by atoms with Crippen LogP contribution in [0.25, 0.3) is 0 Å². The van der Waals surface area contributed by atoms with E-state index in [9.17, 15) is 4.39 Å². The molecule has 1 aliphatic rings. The van der Waals surface area contributed by atoms with Crippen LogP contribution in [0.5, 0.6) is 0 Å². The highest BCUT2D eigenvalue weighted by atomic mass is 32.2. The number of rotatable bonds is 3. The van der Waals surface area contributed by atoms with Crippen molar-refractivity contribution in [3.63, 3.8) is 0 Å². The average Bonchev–Trinajstić information content (AvgIpc) is 2.32. The van der Waals surface area contributed by atoms with Gasteiger partial charge in [-0.25, -0.2) is 4.39 Å². The Hall–Kier alpha value is -0.700. The van der Waals surface area contributed by atoms with E-state index in [1.807, 2.05) is 17.8 Å². The molecule has 2 N–H and O–H groups in total. The predicted molar refractivity (Wildman–Crippen MR) is 69.0 cm³/mol. The molecular formula is C13H18FNS. The highest BCUT2D eigenvalue weighted by Gasteiger charge is 2.13. The van der Waals surface area contributed by atoms with Crippen molar-refractivity contribution in [1.29, 1.82) is 0 Å². The van der Waals surface area contributed by atoms with Crippen molar-refractivity contribution >= 4 is 17.4 Å². The maximum Gasteiger partial charge on any atom is 0.146 e. The molecule has 1 aromatic rings. The zero-order valence-electron chi connectivity index (χ0n) is 9.42. The van der Waals surface area contributed by atoms with Crippen LogP contribution in [-0.2, 0) is 5.75 Å². The van der Waals surface area contributed by atoms with E-state index < -0.39 is 0 Å². The van der Waals surface area contributed by atoms with Crippen molar-refractivity contribution in [3.05, 3.63) is 29.6 Å². The molecule has 0 aliphatic heterocycles. The van der Waals surface area contributed by atoms with Crippen LogP contribution in [-0.4, -0.2) is 5.25 Å². The third-order valence-corrected chi connectivity index (χ3v) is 4.55. The second kappa shape index (κ2) is 5.58. The minimum atomic E-state index is -0.290. The highest BCUT2D eigenvalue weighted by Crippen LogP contribution is 2.30. The summed E-state index contributed by atoms with van der Waals surface area (Å²) in [6.07, 6.45) is 6.74. The first-order valence-electron chi connectivity index (χ1n) is 5.91. The fourth-order valence-corrected chi connectivity index (χ4v) is 3.38. The van der Waals surface area contributed by atoms with Gasteiger partial charge in [0, 0.05) is 11.0 Å². The lowest BCUT2D eigenvalue weighted by molar-refractivity contribution is 0.516. The lowest BCUT2D eigenvalue weighted by atomic mass is 10.0. The van der Waals surface area contributed by atoms with Crippen molar-refractivity contribution in [2.24, 2.45) is 0 Å². The fourth-order valence-electron chi connectivity index (χ4n) is 2.11. The Kier molecular flexibility index (Phi) is 4.10. The van der Waals surface area contributed by atoms with Gasteiger partial charge in [-0.1, -0.05) is 25.3 Å². The molecule has 3 heteroatoms. The van der Waals surface area contributed by atoms with Crippen LogP contribution in [0.1, 0.15) is 37.7 Å². The minimum Gasteiger partial charge on any atom is -0.396 e. The summed E-state index contributed by atoms with van der Waals surface area (Å²) in [4.78, 5) is 0. The molecule has 2 rings (SSSR count). The summed E-state index contributed by atoms with van der Waals surface area (Å²) in [6, 6.07) is 5.14. The van der Waals surface area contributed by atoms with Crippen molar-refractivity contribution in [1.82, 2.24) is 0 Å². The summed E-state index contributed by atoms with van der Waals surface area (Å²) < 4.78 is 13.2. The van der Waals surface area contributed by atoms with Crippen molar-refractivity contribution in [2.75, 3.05) is 5.73 Å². The normalized spacial score (nSPS) is 17.6. The standard InChI is InChI=1S/C13H18FNS/c14-12-8-10(6-7-13(12)15)9-16-11-4-2-1-3-5-11/h6-8,11H,1-5,9,15H2. The maximum absolute atomic E-state index is 13.2. The largest absolute Gasteiger partial charge is 0.396 e. The van der Waals surface area contributed by atoms with Crippen molar-refractivity contribution in [2.45, 2.75) is 43.1 Å². The minimum absolute atomic E-state index is 0.242. The second-order valence-corrected chi connectivity index (χ2v) is 5.72. The molecule has 0 unspecified atom stereocenters. The lowest BCUT2D eigenvalue weighted by Crippen LogP contribution is -2.08. The first-order valence-corrected chi connectivity index (χ1v) is 6.96. The quantitative estimate of drug-likeness (QED) is 0.808. The van der Waals surface area contributed by atoms with E-state index in [4.69, 9.17) is 5.73 Å². The molecule has 1 aromatic carbocycles. The molecule has 0 saturated heterocycles. The smallest absolute Gasteiger partial charge is 0.146 e. The molecule has 1 nitrogen and oxygen atoms in total. The first kappa shape index (κ1) is 11.8. The number of nitrogen functional groups attached to an aromatic ring is 1. The molecule has 0 heterocycles. The van der Waals surface area contributed by atoms with Gasteiger partial charge in [0.05, 0.1) is 5.69 Å². The Labute approximate surface area is 101 Å². The van der Waals surface area contributed by atoms with E-state index in [1.54, 1.807) is 12.1 Å². The Morgan fingerprint density at radius 1 is 1.25 bits per heavy atom. The molecule has 0 bridgehead atoms. The van der Waals surface area contributed by atoms with E-state index in [1.165, 1.54) is 32.1 Å². The number of anilines is 1. The summed E-state index contributed by atoms with van der Waals surface area (Å²) in [5, 5.41) is 0.773. The molecule has 0 atom stereocenters. The zero-order valence-corrected chi connectivity index (χ0v) is 10.2. The van der Waals surface area contributed by atoms with Crippen LogP contribution in [0, 0.1) is 5.82 Å². The van der Waals surface area contributed by atoms with Crippen LogP contribution >= 0.6 is 11.8 Å². The molecule has 1 aliphatic carbocycles. The number of benzene rings is 1. The zero-order chi connectivity index (χ0) is 11.4. The third-order valence-electron chi connectivity index (χ3n) is 3.10. The van der Waals surface area contributed by atoms with E-state index in [0.717, 1.165) is 16.6 Å². The molecule has 1 fully saturated rings. The van der Waals surface area contributed by atoms with Gasteiger partial charge in [-0.05, 0) is 30.5 Å². The summed E-state index contributed by atoms with van der Waals surface area (Å²) >= 11 is 1.96. The SMILES string of the molecule is Nc1ccc(CSC2CCCCC2)cc1F. The Morgan fingerprint density at radius 3 is 2.69 bits per heavy atom. The van der Waals surface area contributed by atoms with Crippen LogP contribution in [0.4, 0.5) is 10.1 Å². The van der Waals surface area contributed by atoms with Gasteiger partial charge in [-0.3, -0.25) is 0 Å². The maximum atomic E-state index is 13.2. The molecule has 0 radical (unpaired) electrons. The van der Waals surface area contributed by atoms with Crippen LogP contribution < -0.4 is 5.73 Å². The monoisotopic (exact) mass is 239 g/mol. The van der Waals surface area contributed by atoms with Gasteiger partial charge >= 0.3 is 0 Å². The van der Waals surface area contributed by atoms with E-state index >= 15 is 0 Å². The summed E-state index contributed by atoms with van der Waals surface area (Å²) in [6.45, 7) is 0. The number of hydrogen-bond donors (Lipinski definition) is 1. The van der Waals surface area contributed by atoms with Gasteiger partial charge in [0.2, 0.25) is 0 Å². The first-order chi connectivity index (χ1) is 7.75. The molecule has 0 aromatic heterocycles. The third kappa shape index (κ3) is 3.14. The summed E-state index contributed by atoms with van der Waals surface area (Å²) in [5.41, 5.74) is 6.73. The molecule has 0 spiro atoms. The molecule has 0 amide bonds. The Morgan fingerprint density at radius 2 is 2.00 bits per heavy atom. The van der Waals surface area contributed by atoms with Crippen LogP contribution in [0.15, 0.2) is 18.2 Å². The van der Waals surface area contributed by atoms with E-state index in [2.05, 4.69) is 0 Å². The highest BCUT2D eigenvalue weighted by molar-refractivity contribution is 7.99. The topological polar surface area (TPSA) is 26.0 Å². The Bertz CT molecular complexity index is 348. The van der Waals surface area contributed by atoms with Gasteiger partial charge in [0.25, 0.3) is 0 Å². The van der Waals surface area contributed by atoms with Crippen LogP contribution in [0.3, 0.4) is 0 Å². The number of halogens is 1. The number of thioether (sulfide) groups is 1. The van der Waals surface area contributed by atoms with E-state index in [0.29, 0.717) is 0 Å². The predicted octanol–water partition coefficient (Wildman–Crippen LogP) is 3.97.